The molecule has 0 spiro atoms. The summed E-state index contributed by atoms with van der Waals surface area (Å²) in [4.78, 5) is 28.4. The third-order valence-corrected chi connectivity index (χ3v) is 8.83. The summed E-state index contributed by atoms with van der Waals surface area (Å²) in [6, 6.07) is 15.9. The standard InChI is InChI=1S/C30H35Cl2N3O4S/c1-6-13-33-30(37)23(5)34(18-24-9-10-25(31)17-28(24)32)29(36)19-35(26-15-21(3)14-22(4)16-26)40(38,39)27-11-7-20(2)8-12-27/h7-12,14-17,23H,6,13,18-19H2,1-5H3,(H,33,37)/t23-/m0/s1. The molecule has 1 N–H and O–H groups in total. The summed E-state index contributed by atoms with van der Waals surface area (Å²) in [5.41, 5.74) is 3.55. The van der Waals surface area contributed by atoms with Crippen molar-refractivity contribution in [1.82, 2.24) is 10.2 Å². The Bertz CT molecular complexity index is 1460. The first kappa shape index (κ1) is 31.5. The van der Waals surface area contributed by atoms with Crippen molar-refractivity contribution in [2.24, 2.45) is 0 Å². The van der Waals surface area contributed by atoms with Crippen LogP contribution < -0.4 is 9.62 Å². The van der Waals surface area contributed by atoms with Crippen LogP contribution in [0, 0.1) is 20.8 Å². The molecule has 10 heteroatoms. The average molecular weight is 605 g/mol. The van der Waals surface area contributed by atoms with Crippen LogP contribution in [0.4, 0.5) is 5.69 Å². The van der Waals surface area contributed by atoms with Crippen LogP contribution in [0.1, 0.15) is 42.5 Å². The third-order valence-electron chi connectivity index (χ3n) is 6.45. The summed E-state index contributed by atoms with van der Waals surface area (Å²) >= 11 is 12.5. The third kappa shape index (κ3) is 7.77. The second kappa shape index (κ2) is 13.5. The zero-order chi connectivity index (χ0) is 29.6. The first-order chi connectivity index (χ1) is 18.8. The van der Waals surface area contributed by atoms with Crippen molar-refractivity contribution in [2.75, 3.05) is 17.4 Å². The molecular weight excluding hydrogens is 569 g/mol. The van der Waals surface area contributed by atoms with Crippen molar-refractivity contribution in [3.8, 4) is 0 Å². The predicted octanol–water partition coefficient (Wildman–Crippen LogP) is 6.06. The maximum atomic E-state index is 14.0. The lowest BCUT2D eigenvalue weighted by atomic mass is 10.1. The molecular formula is C30H35Cl2N3O4S. The highest BCUT2D eigenvalue weighted by molar-refractivity contribution is 7.92. The smallest absolute Gasteiger partial charge is 0.264 e. The Labute approximate surface area is 247 Å². The minimum atomic E-state index is -4.14. The van der Waals surface area contributed by atoms with Crippen molar-refractivity contribution in [3.63, 3.8) is 0 Å². The number of anilines is 1. The quantitative estimate of drug-likeness (QED) is 0.289. The first-order valence-electron chi connectivity index (χ1n) is 13.0. The fourth-order valence-electron chi connectivity index (χ4n) is 4.27. The second-order valence-electron chi connectivity index (χ2n) is 9.90. The van der Waals surface area contributed by atoms with Gasteiger partial charge in [0.1, 0.15) is 12.6 Å². The summed E-state index contributed by atoms with van der Waals surface area (Å²) in [5, 5.41) is 3.59. The molecule has 0 bridgehead atoms. The lowest BCUT2D eigenvalue weighted by molar-refractivity contribution is -0.139. The minimum Gasteiger partial charge on any atom is -0.354 e. The van der Waals surface area contributed by atoms with Gasteiger partial charge < -0.3 is 10.2 Å². The number of carbonyl (C=O) groups is 2. The Morgan fingerprint density at radius 2 is 1.52 bits per heavy atom. The first-order valence-corrected chi connectivity index (χ1v) is 15.2. The number of amides is 2. The van der Waals surface area contributed by atoms with Gasteiger partial charge in [0.2, 0.25) is 11.8 Å². The monoisotopic (exact) mass is 603 g/mol. The molecule has 0 aliphatic heterocycles. The van der Waals surface area contributed by atoms with Gasteiger partial charge in [-0.2, -0.15) is 0 Å². The zero-order valence-corrected chi connectivity index (χ0v) is 25.7. The molecule has 0 saturated carbocycles. The van der Waals surface area contributed by atoms with Gasteiger partial charge >= 0.3 is 0 Å². The van der Waals surface area contributed by atoms with Crippen molar-refractivity contribution < 1.29 is 18.0 Å². The molecule has 0 aromatic heterocycles. The summed E-state index contributed by atoms with van der Waals surface area (Å²) < 4.78 is 29.0. The topological polar surface area (TPSA) is 86.8 Å². The van der Waals surface area contributed by atoms with Gasteiger partial charge in [-0.3, -0.25) is 13.9 Å². The highest BCUT2D eigenvalue weighted by atomic mass is 35.5. The number of aryl methyl sites for hydroxylation is 3. The van der Waals surface area contributed by atoms with E-state index in [9.17, 15) is 18.0 Å². The van der Waals surface area contributed by atoms with Gasteiger partial charge in [-0.05, 0) is 87.2 Å². The molecule has 7 nitrogen and oxygen atoms in total. The SMILES string of the molecule is CCCNC(=O)[C@H](C)N(Cc1ccc(Cl)cc1Cl)C(=O)CN(c1cc(C)cc(C)c1)S(=O)(=O)c1ccc(C)cc1. The van der Waals surface area contributed by atoms with E-state index in [0.29, 0.717) is 27.8 Å². The van der Waals surface area contributed by atoms with Crippen molar-refractivity contribution in [2.45, 2.75) is 58.5 Å². The molecule has 0 unspecified atom stereocenters. The maximum absolute atomic E-state index is 14.0. The van der Waals surface area contributed by atoms with Crippen LogP contribution >= 0.6 is 23.2 Å². The van der Waals surface area contributed by atoms with E-state index in [1.54, 1.807) is 49.4 Å². The molecule has 214 valence electrons. The summed E-state index contributed by atoms with van der Waals surface area (Å²) in [6.45, 7) is 9.06. The van der Waals surface area contributed by atoms with Crippen LogP contribution in [0.3, 0.4) is 0 Å². The lowest BCUT2D eigenvalue weighted by Gasteiger charge is -2.32. The zero-order valence-electron chi connectivity index (χ0n) is 23.4. The predicted molar refractivity (Wildman–Crippen MR) is 161 cm³/mol. The van der Waals surface area contributed by atoms with E-state index in [-0.39, 0.29) is 17.3 Å². The molecule has 3 aromatic carbocycles. The van der Waals surface area contributed by atoms with E-state index in [1.807, 2.05) is 33.8 Å². The second-order valence-corrected chi connectivity index (χ2v) is 12.6. The van der Waals surface area contributed by atoms with Crippen LogP contribution in [0.25, 0.3) is 0 Å². The van der Waals surface area contributed by atoms with Crippen LogP contribution in [0.5, 0.6) is 0 Å². The number of rotatable bonds is 11. The number of hydrogen-bond donors (Lipinski definition) is 1. The Hall–Kier alpha value is -3.07. The van der Waals surface area contributed by atoms with E-state index >= 15 is 0 Å². The van der Waals surface area contributed by atoms with E-state index in [2.05, 4.69) is 5.32 Å². The fraction of sp³-hybridized carbons (Fsp3) is 0.333. The number of carbonyl (C=O) groups excluding carboxylic acids is 2. The normalized spacial score (nSPS) is 12.1. The Balaban J connectivity index is 2.07. The molecule has 1 atom stereocenters. The highest BCUT2D eigenvalue weighted by Gasteiger charge is 2.33. The van der Waals surface area contributed by atoms with Crippen molar-refractivity contribution >= 4 is 50.7 Å². The molecule has 0 fully saturated rings. The average Bonchev–Trinajstić information content (AvgIpc) is 2.89. The Morgan fingerprint density at radius 1 is 0.900 bits per heavy atom. The van der Waals surface area contributed by atoms with Gasteiger partial charge in [0, 0.05) is 23.1 Å². The van der Waals surface area contributed by atoms with E-state index in [1.165, 1.54) is 17.0 Å². The molecule has 0 aliphatic carbocycles. The van der Waals surface area contributed by atoms with Gasteiger partial charge in [-0.1, -0.05) is 60.0 Å². The Morgan fingerprint density at radius 3 is 2.10 bits per heavy atom. The largest absolute Gasteiger partial charge is 0.354 e. The molecule has 0 saturated heterocycles. The highest BCUT2D eigenvalue weighted by Crippen LogP contribution is 2.28. The lowest BCUT2D eigenvalue weighted by Crippen LogP contribution is -2.51. The number of sulfonamides is 1. The van der Waals surface area contributed by atoms with E-state index < -0.39 is 28.5 Å². The van der Waals surface area contributed by atoms with Gasteiger partial charge in [-0.25, -0.2) is 8.42 Å². The van der Waals surface area contributed by atoms with Gasteiger partial charge in [-0.15, -0.1) is 0 Å². The number of halogens is 2. The summed E-state index contributed by atoms with van der Waals surface area (Å²) in [5.74, 6) is -0.903. The molecule has 3 aromatic rings. The number of benzene rings is 3. The summed E-state index contributed by atoms with van der Waals surface area (Å²) in [6.07, 6.45) is 0.727. The minimum absolute atomic E-state index is 0.0131. The molecule has 0 radical (unpaired) electrons. The van der Waals surface area contributed by atoms with Crippen molar-refractivity contribution in [3.05, 3.63) is 93.0 Å². The van der Waals surface area contributed by atoms with Crippen LogP contribution in [-0.2, 0) is 26.2 Å². The molecule has 3 rings (SSSR count). The van der Waals surface area contributed by atoms with Gasteiger partial charge in [0.15, 0.2) is 0 Å². The number of nitrogens with one attached hydrogen (secondary N) is 1. The van der Waals surface area contributed by atoms with Crippen molar-refractivity contribution in [1.29, 1.82) is 0 Å². The van der Waals surface area contributed by atoms with Gasteiger partial charge in [0.05, 0.1) is 10.6 Å². The van der Waals surface area contributed by atoms with Crippen LogP contribution in [0.15, 0.2) is 65.6 Å². The fourth-order valence-corrected chi connectivity index (χ4v) is 6.14. The molecule has 0 aliphatic rings. The van der Waals surface area contributed by atoms with E-state index in [0.717, 1.165) is 27.4 Å². The molecule has 0 heterocycles. The molecule has 2 amide bonds. The van der Waals surface area contributed by atoms with Crippen LogP contribution in [0.2, 0.25) is 10.0 Å². The number of hydrogen-bond acceptors (Lipinski definition) is 4. The summed E-state index contributed by atoms with van der Waals surface area (Å²) in [7, 11) is -4.14. The maximum Gasteiger partial charge on any atom is 0.264 e. The van der Waals surface area contributed by atoms with Crippen LogP contribution in [-0.4, -0.2) is 44.3 Å². The Kier molecular flexibility index (Phi) is 10.6. The van der Waals surface area contributed by atoms with Gasteiger partial charge in [0.25, 0.3) is 10.0 Å². The van der Waals surface area contributed by atoms with E-state index in [4.69, 9.17) is 23.2 Å². The molecule has 40 heavy (non-hydrogen) atoms. The number of nitrogens with zero attached hydrogens (tertiary/aromatic N) is 2.